The summed E-state index contributed by atoms with van der Waals surface area (Å²) in [6, 6.07) is 8.88. The normalized spacial score (nSPS) is 16.7. The molecule has 0 radical (unpaired) electrons. The number of H-pyrrole nitrogens is 1. The van der Waals surface area contributed by atoms with Crippen molar-refractivity contribution < 1.29 is 17.9 Å². The fourth-order valence-corrected chi connectivity index (χ4v) is 3.79. The van der Waals surface area contributed by atoms with Gasteiger partial charge in [-0.2, -0.15) is 18.3 Å². The summed E-state index contributed by atoms with van der Waals surface area (Å²) in [5.74, 6) is 1.23. The molecule has 0 bridgehead atoms. The van der Waals surface area contributed by atoms with Gasteiger partial charge in [-0.3, -0.25) is 5.10 Å². The largest absolute Gasteiger partial charge is 0.493 e. The number of aryl methyl sites for hydroxylation is 2. The van der Waals surface area contributed by atoms with Gasteiger partial charge in [-0.05, 0) is 50.6 Å². The number of nitrogens with zero attached hydrogens (tertiary/aromatic N) is 4. The first kappa shape index (κ1) is 21.1. The van der Waals surface area contributed by atoms with Crippen LogP contribution in [0.3, 0.4) is 0 Å². The number of aromatic amines is 1. The van der Waals surface area contributed by atoms with Crippen molar-refractivity contribution in [2.24, 2.45) is 0 Å². The fraction of sp³-hybridized carbons (Fsp3) is 0.409. The minimum atomic E-state index is -4.38. The molecule has 31 heavy (non-hydrogen) atoms. The zero-order valence-electron chi connectivity index (χ0n) is 17.4. The smallest absolute Gasteiger partial charge is 0.416 e. The summed E-state index contributed by atoms with van der Waals surface area (Å²) in [5, 5.41) is 7.45. The maximum atomic E-state index is 12.8. The number of rotatable bonds is 6. The van der Waals surface area contributed by atoms with Gasteiger partial charge in [0, 0.05) is 42.5 Å². The lowest BCUT2D eigenvalue weighted by Crippen LogP contribution is -2.22. The van der Waals surface area contributed by atoms with Crippen LogP contribution < -0.4 is 9.64 Å². The standard InChI is InChI=1S/C22H24F3N5O/c1-14-10-15(2)27-21(26-14)30-8-6-16(13-30)20-12-18(28-29-20)7-9-31-19-5-3-4-17(11-19)22(23,24)25/h3-5,10-12,16H,6-9,13H2,1-2H3,(H,28,29)/t16-/m0/s1. The fourth-order valence-electron chi connectivity index (χ4n) is 3.79. The second-order valence-corrected chi connectivity index (χ2v) is 7.82. The molecule has 1 atom stereocenters. The van der Waals surface area contributed by atoms with E-state index in [9.17, 15) is 13.2 Å². The van der Waals surface area contributed by atoms with Crippen molar-refractivity contribution in [2.45, 2.75) is 38.8 Å². The molecular formula is C22H24F3N5O. The van der Waals surface area contributed by atoms with Gasteiger partial charge >= 0.3 is 6.18 Å². The van der Waals surface area contributed by atoms with Gasteiger partial charge in [0.15, 0.2) is 0 Å². The quantitative estimate of drug-likeness (QED) is 0.625. The van der Waals surface area contributed by atoms with E-state index in [0.717, 1.165) is 60.4 Å². The second-order valence-electron chi connectivity index (χ2n) is 7.82. The van der Waals surface area contributed by atoms with Crippen molar-refractivity contribution in [1.29, 1.82) is 0 Å². The molecule has 0 aliphatic carbocycles. The zero-order valence-corrected chi connectivity index (χ0v) is 17.4. The summed E-state index contributed by atoms with van der Waals surface area (Å²) >= 11 is 0. The van der Waals surface area contributed by atoms with Crippen LogP contribution in [-0.2, 0) is 12.6 Å². The van der Waals surface area contributed by atoms with E-state index in [4.69, 9.17) is 4.74 Å². The number of ether oxygens (including phenoxy) is 1. The Morgan fingerprint density at radius 3 is 2.65 bits per heavy atom. The lowest BCUT2D eigenvalue weighted by atomic mass is 10.0. The number of benzene rings is 1. The Labute approximate surface area is 178 Å². The molecule has 1 saturated heterocycles. The predicted molar refractivity (Wildman–Crippen MR) is 110 cm³/mol. The molecule has 3 heterocycles. The monoisotopic (exact) mass is 431 g/mol. The maximum absolute atomic E-state index is 12.8. The third kappa shape index (κ3) is 5.15. The number of alkyl halides is 3. The van der Waals surface area contributed by atoms with Gasteiger partial charge in [0.05, 0.1) is 17.9 Å². The molecule has 1 N–H and O–H groups in total. The highest BCUT2D eigenvalue weighted by Gasteiger charge is 2.30. The van der Waals surface area contributed by atoms with Crippen molar-refractivity contribution in [1.82, 2.24) is 20.2 Å². The number of hydrogen-bond acceptors (Lipinski definition) is 5. The summed E-state index contributed by atoms with van der Waals surface area (Å²) in [6.45, 7) is 5.86. The number of halogens is 3. The van der Waals surface area contributed by atoms with Crippen LogP contribution in [0.4, 0.5) is 19.1 Å². The van der Waals surface area contributed by atoms with E-state index in [-0.39, 0.29) is 18.3 Å². The molecule has 4 rings (SSSR count). The lowest BCUT2D eigenvalue weighted by Gasteiger charge is -2.16. The summed E-state index contributed by atoms with van der Waals surface area (Å²) in [4.78, 5) is 11.3. The average Bonchev–Trinajstić information content (AvgIpc) is 3.36. The van der Waals surface area contributed by atoms with Crippen LogP contribution >= 0.6 is 0 Å². The van der Waals surface area contributed by atoms with Crippen LogP contribution in [0.25, 0.3) is 0 Å². The molecule has 1 aromatic carbocycles. The van der Waals surface area contributed by atoms with E-state index >= 15 is 0 Å². The summed E-state index contributed by atoms with van der Waals surface area (Å²) in [5.41, 5.74) is 3.05. The van der Waals surface area contributed by atoms with Crippen LogP contribution in [0.15, 0.2) is 36.4 Å². The third-order valence-corrected chi connectivity index (χ3v) is 5.31. The van der Waals surface area contributed by atoms with Crippen molar-refractivity contribution in [2.75, 3.05) is 24.6 Å². The van der Waals surface area contributed by atoms with Gasteiger partial charge in [-0.15, -0.1) is 0 Å². The van der Waals surface area contributed by atoms with Crippen molar-refractivity contribution in [3.63, 3.8) is 0 Å². The molecule has 2 aromatic heterocycles. The number of anilines is 1. The Morgan fingerprint density at radius 1 is 1.13 bits per heavy atom. The molecule has 0 amide bonds. The molecular weight excluding hydrogens is 407 g/mol. The molecule has 0 saturated carbocycles. The summed E-state index contributed by atoms with van der Waals surface area (Å²) in [6.07, 6.45) is -2.89. The second kappa shape index (κ2) is 8.56. The van der Waals surface area contributed by atoms with E-state index in [2.05, 4.69) is 25.1 Å². The lowest BCUT2D eigenvalue weighted by molar-refractivity contribution is -0.137. The van der Waals surface area contributed by atoms with Gasteiger partial charge in [0.25, 0.3) is 0 Å². The van der Waals surface area contributed by atoms with E-state index < -0.39 is 11.7 Å². The first-order valence-electron chi connectivity index (χ1n) is 10.2. The minimum Gasteiger partial charge on any atom is -0.493 e. The van der Waals surface area contributed by atoms with Gasteiger partial charge in [-0.1, -0.05) is 6.07 Å². The van der Waals surface area contributed by atoms with Crippen LogP contribution in [0, 0.1) is 13.8 Å². The van der Waals surface area contributed by atoms with E-state index in [1.54, 1.807) is 0 Å². The van der Waals surface area contributed by atoms with Gasteiger partial charge < -0.3 is 9.64 Å². The molecule has 1 aliphatic heterocycles. The Balaban J connectivity index is 1.32. The molecule has 0 unspecified atom stereocenters. The van der Waals surface area contributed by atoms with Crippen LogP contribution in [-0.4, -0.2) is 39.9 Å². The van der Waals surface area contributed by atoms with Crippen LogP contribution in [0.5, 0.6) is 5.75 Å². The van der Waals surface area contributed by atoms with Gasteiger partial charge in [0.2, 0.25) is 5.95 Å². The Bertz CT molecular complexity index is 1030. The molecule has 9 heteroatoms. The molecule has 1 aliphatic rings. The Kier molecular flexibility index (Phi) is 5.84. The van der Waals surface area contributed by atoms with Crippen molar-refractivity contribution >= 4 is 5.95 Å². The predicted octanol–water partition coefficient (Wildman–Crippen LogP) is 4.45. The van der Waals surface area contributed by atoms with Crippen molar-refractivity contribution in [3.8, 4) is 5.75 Å². The Morgan fingerprint density at radius 2 is 1.90 bits per heavy atom. The van der Waals surface area contributed by atoms with Gasteiger partial charge in [-0.25, -0.2) is 9.97 Å². The van der Waals surface area contributed by atoms with E-state index in [1.165, 1.54) is 12.1 Å². The first-order valence-corrected chi connectivity index (χ1v) is 10.2. The summed E-state index contributed by atoms with van der Waals surface area (Å²) < 4.78 is 43.9. The van der Waals surface area contributed by atoms with Crippen LogP contribution in [0.2, 0.25) is 0 Å². The highest BCUT2D eigenvalue weighted by atomic mass is 19.4. The first-order chi connectivity index (χ1) is 14.8. The topological polar surface area (TPSA) is 66.9 Å². The summed E-state index contributed by atoms with van der Waals surface area (Å²) in [7, 11) is 0. The zero-order chi connectivity index (χ0) is 22.0. The van der Waals surface area contributed by atoms with E-state index in [0.29, 0.717) is 6.42 Å². The number of aromatic nitrogens is 4. The number of hydrogen-bond donors (Lipinski definition) is 1. The molecule has 0 spiro atoms. The third-order valence-electron chi connectivity index (χ3n) is 5.31. The highest BCUT2D eigenvalue weighted by Crippen LogP contribution is 2.31. The Hall–Kier alpha value is -3.10. The van der Waals surface area contributed by atoms with Crippen molar-refractivity contribution in [3.05, 3.63) is 64.7 Å². The van der Waals surface area contributed by atoms with Crippen LogP contribution in [0.1, 0.15) is 40.7 Å². The molecule has 1 fully saturated rings. The highest BCUT2D eigenvalue weighted by molar-refractivity contribution is 5.36. The molecule has 3 aromatic rings. The van der Waals surface area contributed by atoms with Gasteiger partial charge in [0.1, 0.15) is 5.75 Å². The SMILES string of the molecule is Cc1cc(C)nc(N2CC[C@H](c3cc(CCOc4cccc(C(F)(F)F)c4)[nH]n3)C2)n1. The van der Waals surface area contributed by atoms with E-state index in [1.807, 2.05) is 26.0 Å². The minimum absolute atomic E-state index is 0.203. The maximum Gasteiger partial charge on any atom is 0.416 e. The molecule has 6 nitrogen and oxygen atoms in total. The number of nitrogens with one attached hydrogen (secondary N) is 1. The average molecular weight is 431 g/mol. The molecule has 164 valence electrons.